The summed E-state index contributed by atoms with van der Waals surface area (Å²) in [6.45, 7) is 1.13. The number of nitrogens with two attached hydrogens (primary N) is 1. The summed E-state index contributed by atoms with van der Waals surface area (Å²) in [5.41, 5.74) is 9.58. The van der Waals surface area contributed by atoms with Crippen molar-refractivity contribution < 1.29 is 9.18 Å². The lowest BCUT2D eigenvalue weighted by molar-refractivity contribution is 0.0950. The number of rotatable bonds is 8. The zero-order valence-corrected chi connectivity index (χ0v) is 20.1. The van der Waals surface area contributed by atoms with Crippen LogP contribution in [-0.2, 0) is 19.6 Å². The first-order chi connectivity index (χ1) is 18.0. The second-order valence-corrected chi connectivity index (χ2v) is 9.46. The largest absolute Gasteiger partial charge is 0.383 e. The molecule has 3 heterocycles. The molecule has 0 bridgehead atoms. The highest BCUT2D eigenvalue weighted by Crippen LogP contribution is 2.40. The molecule has 0 saturated heterocycles. The van der Waals surface area contributed by atoms with Gasteiger partial charge in [0.15, 0.2) is 0 Å². The molecule has 1 amide bonds. The van der Waals surface area contributed by atoms with Gasteiger partial charge in [-0.2, -0.15) is 10.2 Å². The number of nitrogens with one attached hydrogen (secondary N) is 1. The average Bonchev–Trinajstić information content (AvgIpc) is 3.45. The number of aromatic nitrogens is 5. The van der Waals surface area contributed by atoms with Crippen molar-refractivity contribution in [3.63, 3.8) is 0 Å². The Morgan fingerprint density at radius 1 is 1.05 bits per heavy atom. The molecular weight excluding hydrogens is 469 g/mol. The molecule has 2 aromatic carbocycles. The number of hydrogen-bond donors (Lipinski definition) is 2. The number of carbonyl (C=O) groups excluding carboxylic acids is 1. The SMILES string of the molecule is Nc1nccc2cc(CNC(=O)c3cn(Cc4ccc(Cn5cccn5)cc4F)nc3C3CC3)ccc12. The molecule has 1 saturated carbocycles. The van der Waals surface area contributed by atoms with E-state index in [2.05, 4.69) is 20.5 Å². The van der Waals surface area contributed by atoms with Gasteiger partial charge in [-0.05, 0) is 53.6 Å². The maximum atomic E-state index is 14.9. The lowest BCUT2D eigenvalue weighted by Crippen LogP contribution is -2.23. The van der Waals surface area contributed by atoms with E-state index in [1.807, 2.05) is 42.6 Å². The van der Waals surface area contributed by atoms with Crippen molar-refractivity contribution in [1.29, 1.82) is 0 Å². The van der Waals surface area contributed by atoms with Crippen molar-refractivity contribution >= 4 is 22.5 Å². The van der Waals surface area contributed by atoms with E-state index in [-0.39, 0.29) is 24.2 Å². The Balaban J connectivity index is 1.17. The van der Waals surface area contributed by atoms with E-state index in [4.69, 9.17) is 5.73 Å². The van der Waals surface area contributed by atoms with Gasteiger partial charge in [0.05, 0.1) is 24.3 Å². The monoisotopic (exact) mass is 495 g/mol. The minimum Gasteiger partial charge on any atom is -0.383 e. The van der Waals surface area contributed by atoms with Gasteiger partial charge in [-0.3, -0.25) is 14.2 Å². The highest BCUT2D eigenvalue weighted by molar-refractivity contribution is 5.95. The van der Waals surface area contributed by atoms with E-state index >= 15 is 0 Å². The van der Waals surface area contributed by atoms with Gasteiger partial charge in [0, 0.05) is 48.2 Å². The van der Waals surface area contributed by atoms with Crippen LogP contribution >= 0.6 is 0 Å². The molecular formula is C28H26FN7O. The van der Waals surface area contributed by atoms with Crippen LogP contribution in [-0.4, -0.2) is 30.5 Å². The van der Waals surface area contributed by atoms with Crippen LogP contribution in [0.3, 0.4) is 0 Å². The molecule has 6 rings (SSSR count). The molecule has 1 aliphatic rings. The minimum atomic E-state index is -0.300. The third-order valence-corrected chi connectivity index (χ3v) is 6.67. The molecule has 1 fully saturated rings. The van der Waals surface area contributed by atoms with Gasteiger partial charge in [0.2, 0.25) is 0 Å². The van der Waals surface area contributed by atoms with E-state index in [9.17, 15) is 9.18 Å². The van der Waals surface area contributed by atoms with Crippen molar-refractivity contribution in [1.82, 2.24) is 29.9 Å². The van der Waals surface area contributed by atoms with Crippen molar-refractivity contribution in [2.75, 3.05) is 5.73 Å². The van der Waals surface area contributed by atoms with E-state index in [1.54, 1.807) is 34.0 Å². The molecule has 0 aliphatic heterocycles. The number of nitrogens with zero attached hydrogens (tertiary/aromatic N) is 5. The van der Waals surface area contributed by atoms with Crippen LogP contribution in [0.4, 0.5) is 10.2 Å². The van der Waals surface area contributed by atoms with E-state index in [0.717, 1.165) is 40.4 Å². The van der Waals surface area contributed by atoms with Crippen LogP contribution in [0.25, 0.3) is 10.8 Å². The summed E-state index contributed by atoms with van der Waals surface area (Å²) in [6, 6.07) is 14.8. The van der Waals surface area contributed by atoms with Crippen LogP contribution in [0.2, 0.25) is 0 Å². The third kappa shape index (κ3) is 4.93. The number of hydrogen-bond acceptors (Lipinski definition) is 5. The van der Waals surface area contributed by atoms with E-state index < -0.39 is 0 Å². The van der Waals surface area contributed by atoms with E-state index in [1.165, 1.54) is 6.07 Å². The van der Waals surface area contributed by atoms with E-state index in [0.29, 0.717) is 30.0 Å². The molecule has 0 atom stereocenters. The molecule has 9 heteroatoms. The molecule has 3 N–H and O–H groups in total. The second-order valence-electron chi connectivity index (χ2n) is 9.46. The minimum absolute atomic E-state index is 0.183. The third-order valence-electron chi connectivity index (χ3n) is 6.67. The predicted octanol–water partition coefficient (Wildman–Crippen LogP) is 4.25. The number of fused-ring (bicyclic) bond motifs is 1. The number of amides is 1. The first-order valence-electron chi connectivity index (χ1n) is 12.3. The van der Waals surface area contributed by atoms with Gasteiger partial charge >= 0.3 is 0 Å². The van der Waals surface area contributed by atoms with Crippen molar-refractivity contribution in [2.24, 2.45) is 0 Å². The first kappa shape index (κ1) is 22.9. The van der Waals surface area contributed by atoms with Crippen LogP contribution in [0.15, 0.2) is 73.3 Å². The van der Waals surface area contributed by atoms with Gasteiger partial charge in [0.1, 0.15) is 11.6 Å². The smallest absolute Gasteiger partial charge is 0.255 e. The normalized spacial score (nSPS) is 13.2. The second kappa shape index (κ2) is 9.50. The van der Waals surface area contributed by atoms with Crippen LogP contribution < -0.4 is 11.1 Å². The number of carbonyl (C=O) groups is 1. The summed E-state index contributed by atoms with van der Waals surface area (Å²) >= 11 is 0. The fraction of sp³-hybridized carbons (Fsp3) is 0.214. The predicted molar refractivity (Wildman–Crippen MR) is 138 cm³/mol. The Morgan fingerprint density at radius 3 is 2.70 bits per heavy atom. The number of anilines is 1. The van der Waals surface area contributed by atoms with Gasteiger partial charge in [-0.15, -0.1) is 0 Å². The molecule has 37 heavy (non-hydrogen) atoms. The maximum Gasteiger partial charge on any atom is 0.255 e. The van der Waals surface area contributed by atoms with Crippen molar-refractivity contribution in [3.05, 3.63) is 107 Å². The Bertz CT molecular complexity index is 1590. The highest BCUT2D eigenvalue weighted by atomic mass is 19.1. The Hall–Kier alpha value is -4.53. The molecule has 5 aromatic rings. The number of halogens is 1. The van der Waals surface area contributed by atoms with Crippen molar-refractivity contribution in [2.45, 2.75) is 38.4 Å². The summed E-state index contributed by atoms with van der Waals surface area (Å²) in [4.78, 5) is 17.3. The summed E-state index contributed by atoms with van der Waals surface area (Å²) in [7, 11) is 0. The molecule has 0 spiro atoms. The zero-order chi connectivity index (χ0) is 25.4. The molecule has 1 aliphatic carbocycles. The van der Waals surface area contributed by atoms with Crippen LogP contribution in [0.1, 0.15) is 51.5 Å². The quantitative estimate of drug-likeness (QED) is 0.335. The average molecular weight is 496 g/mol. The zero-order valence-electron chi connectivity index (χ0n) is 20.1. The maximum absolute atomic E-state index is 14.9. The molecule has 0 radical (unpaired) electrons. The topological polar surface area (TPSA) is 104 Å². The fourth-order valence-corrected chi connectivity index (χ4v) is 4.56. The molecule has 3 aromatic heterocycles. The fourth-order valence-electron chi connectivity index (χ4n) is 4.56. The lowest BCUT2D eigenvalue weighted by Gasteiger charge is -2.08. The Morgan fingerprint density at radius 2 is 1.92 bits per heavy atom. The van der Waals surface area contributed by atoms with Crippen LogP contribution in [0, 0.1) is 5.82 Å². The summed E-state index contributed by atoms with van der Waals surface area (Å²) < 4.78 is 18.3. The van der Waals surface area contributed by atoms with Gasteiger partial charge in [-0.25, -0.2) is 9.37 Å². The van der Waals surface area contributed by atoms with Gasteiger partial charge in [0.25, 0.3) is 5.91 Å². The number of pyridine rings is 1. The summed E-state index contributed by atoms with van der Waals surface area (Å²) in [6.07, 6.45) is 8.96. The lowest BCUT2D eigenvalue weighted by atomic mass is 10.1. The van der Waals surface area contributed by atoms with Crippen LogP contribution in [0.5, 0.6) is 0 Å². The standard InChI is InChI=1S/C28H26FN7O/c29-25-13-19(15-35-11-1-9-33-35)2-4-22(25)16-36-17-24(26(34-36)20-5-6-20)28(37)32-14-18-3-7-23-21(12-18)8-10-31-27(23)30/h1-4,7-13,17,20H,5-6,14-16H2,(H2,30,31)(H,32,37). The Kier molecular flexibility index (Phi) is 5.88. The number of nitrogen functional groups attached to an aromatic ring is 1. The summed E-state index contributed by atoms with van der Waals surface area (Å²) in [5, 5.41) is 13.7. The first-order valence-corrected chi connectivity index (χ1v) is 12.3. The van der Waals surface area contributed by atoms with Gasteiger partial charge < -0.3 is 11.1 Å². The number of benzene rings is 2. The Labute approximate surface area is 212 Å². The van der Waals surface area contributed by atoms with Gasteiger partial charge in [-0.1, -0.05) is 24.3 Å². The highest BCUT2D eigenvalue weighted by Gasteiger charge is 2.31. The summed E-state index contributed by atoms with van der Waals surface area (Å²) in [5.74, 6) is 0.279. The molecule has 0 unspecified atom stereocenters. The molecule has 8 nitrogen and oxygen atoms in total. The van der Waals surface area contributed by atoms with Crippen molar-refractivity contribution in [3.8, 4) is 0 Å². The molecule has 186 valence electrons.